The fraction of sp³-hybridized carbons (Fsp3) is 0.182. The van der Waals surface area contributed by atoms with Crippen LogP contribution in [0.5, 0.6) is 11.5 Å². The Morgan fingerprint density at radius 2 is 1.74 bits per heavy atom. The van der Waals surface area contributed by atoms with Crippen molar-refractivity contribution < 1.29 is 32.2 Å². The van der Waals surface area contributed by atoms with Crippen LogP contribution in [-0.2, 0) is 11.0 Å². The van der Waals surface area contributed by atoms with Gasteiger partial charge in [0.1, 0.15) is 6.61 Å². The fourth-order valence-corrected chi connectivity index (χ4v) is 3.25. The minimum atomic E-state index is -4.69. The molecule has 1 aliphatic rings. The van der Waals surface area contributed by atoms with Crippen molar-refractivity contribution in [3.8, 4) is 17.2 Å². The van der Waals surface area contributed by atoms with Gasteiger partial charge in [-0.25, -0.2) is 4.68 Å². The van der Waals surface area contributed by atoms with Gasteiger partial charge in [-0.1, -0.05) is 24.3 Å². The van der Waals surface area contributed by atoms with Gasteiger partial charge >= 0.3 is 6.18 Å². The zero-order valence-corrected chi connectivity index (χ0v) is 17.6. The van der Waals surface area contributed by atoms with Crippen LogP contribution in [0.2, 0.25) is 0 Å². The smallest absolute Gasteiger partial charge is 0.418 e. The highest BCUT2D eigenvalue weighted by molar-refractivity contribution is 5.94. The number of fused-ring (bicyclic) bond motifs is 1. The number of hydrogen-bond donors (Lipinski definition) is 2. The lowest BCUT2D eigenvalue weighted by Crippen LogP contribution is -2.51. The van der Waals surface area contributed by atoms with Crippen molar-refractivity contribution in [3.05, 3.63) is 81.8 Å². The topological polar surface area (TPSA) is 112 Å². The molecule has 1 aliphatic heterocycles. The van der Waals surface area contributed by atoms with Crippen LogP contribution in [0.1, 0.15) is 21.7 Å². The maximum absolute atomic E-state index is 13.4. The number of amides is 2. The molecular formula is C22H17F3N4O5. The van der Waals surface area contributed by atoms with E-state index >= 15 is 0 Å². The molecule has 3 aromatic rings. The number of benzene rings is 2. The molecule has 0 saturated carbocycles. The van der Waals surface area contributed by atoms with Gasteiger partial charge in [0.2, 0.25) is 11.5 Å². The Bertz CT molecular complexity index is 1320. The van der Waals surface area contributed by atoms with E-state index in [9.17, 15) is 27.6 Å². The quantitative estimate of drug-likeness (QED) is 0.563. The van der Waals surface area contributed by atoms with Gasteiger partial charge < -0.3 is 9.47 Å². The van der Waals surface area contributed by atoms with Crippen molar-refractivity contribution in [2.75, 3.05) is 6.61 Å². The average Bonchev–Trinajstić information content (AvgIpc) is 2.81. The number of aromatic nitrogens is 2. The number of alkyl halides is 3. The summed E-state index contributed by atoms with van der Waals surface area (Å²) in [7, 11) is 0. The van der Waals surface area contributed by atoms with Gasteiger partial charge in [-0.3, -0.25) is 25.2 Å². The van der Waals surface area contributed by atoms with Gasteiger partial charge in [0.05, 0.1) is 11.3 Å². The predicted molar refractivity (Wildman–Crippen MR) is 112 cm³/mol. The summed E-state index contributed by atoms with van der Waals surface area (Å²) < 4.78 is 52.1. The van der Waals surface area contributed by atoms with Crippen LogP contribution < -0.4 is 25.8 Å². The van der Waals surface area contributed by atoms with Crippen LogP contribution >= 0.6 is 0 Å². The van der Waals surface area contributed by atoms with Crippen molar-refractivity contribution in [2.45, 2.75) is 19.2 Å². The van der Waals surface area contributed by atoms with Crippen molar-refractivity contribution in [1.82, 2.24) is 20.6 Å². The molecule has 0 radical (unpaired) electrons. The Kier molecular flexibility index (Phi) is 5.97. The first kappa shape index (κ1) is 22.8. The highest BCUT2D eigenvalue weighted by Gasteiger charge is 2.34. The Morgan fingerprint density at radius 1 is 1.06 bits per heavy atom. The summed E-state index contributed by atoms with van der Waals surface area (Å²) in [5.41, 5.74) is 1.30. The van der Waals surface area contributed by atoms with E-state index in [4.69, 9.17) is 9.47 Å². The molecule has 34 heavy (non-hydrogen) atoms. The van der Waals surface area contributed by atoms with Crippen molar-refractivity contribution in [3.63, 3.8) is 0 Å². The number of ether oxygens (including phenoxy) is 2. The second-order valence-corrected chi connectivity index (χ2v) is 7.23. The standard InChI is InChI=1S/C22H17F3N4O5/c1-12-10-15(30)19(28-29(12)14-7-3-2-6-13(14)22(23,24)25)21(32)27-26-20(31)18-11-33-16-8-4-5-9-17(16)34-18/h2-10,18H,11H2,1H3,(H,26,31)(H,27,32). The van der Waals surface area contributed by atoms with E-state index in [1.807, 2.05) is 5.43 Å². The molecule has 0 bridgehead atoms. The molecule has 0 fully saturated rings. The summed E-state index contributed by atoms with van der Waals surface area (Å²) >= 11 is 0. The number of hydrazine groups is 1. The second-order valence-electron chi connectivity index (χ2n) is 7.23. The van der Waals surface area contributed by atoms with Crippen LogP contribution in [-0.4, -0.2) is 34.3 Å². The van der Waals surface area contributed by atoms with E-state index in [2.05, 4.69) is 10.5 Å². The lowest BCUT2D eigenvalue weighted by Gasteiger charge is -2.25. The zero-order chi connectivity index (χ0) is 24.5. The number of carbonyl (C=O) groups is 2. The summed E-state index contributed by atoms with van der Waals surface area (Å²) in [6.45, 7) is 1.26. The number of rotatable bonds is 3. The monoisotopic (exact) mass is 474 g/mol. The van der Waals surface area contributed by atoms with Crippen molar-refractivity contribution in [1.29, 1.82) is 0 Å². The minimum absolute atomic E-state index is 0.0775. The molecule has 2 amide bonds. The maximum Gasteiger partial charge on any atom is 0.418 e. The zero-order valence-electron chi connectivity index (χ0n) is 17.6. The molecule has 12 heteroatoms. The fourth-order valence-electron chi connectivity index (χ4n) is 3.25. The predicted octanol–water partition coefficient (Wildman–Crippen LogP) is 2.16. The van der Waals surface area contributed by atoms with Crippen LogP contribution in [0.3, 0.4) is 0 Å². The van der Waals surface area contributed by atoms with Gasteiger partial charge in [-0.15, -0.1) is 0 Å². The highest BCUT2D eigenvalue weighted by atomic mass is 19.4. The summed E-state index contributed by atoms with van der Waals surface area (Å²) in [6.07, 6.45) is -5.78. The van der Waals surface area contributed by atoms with E-state index in [0.717, 1.165) is 22.9 Å². The molecule has 176 valence electrons. The third kappa shape index (κ3) is 4.56. The third-order valence-corrected chi connectivity index (χ3v) is 4.86. The Morgan fingerprint density at radius 3 is 2.47 bits per heavy atom. The molecule has 1 aromatic heterocycles. The molecule has 0 saturated heterocycles. The number of aryl methyl sites for hydroxylation is 1. The summed E-state index contributed by atoms with van der Waals surface area (Å²) in [5.74, 6) is -1.09. The average molecular weight is 474 g/mol. The number of carbonyl (C=O) groups excluding carboxylic acids is 2. The normalized spacial score (nSPS) is 14.9. The van der Waals surface area contributed by atoms with Crippen LogP contribution in [0.4, 0.5) is 13.2 Å². The first-order valence-corrected chi connectivity index (χ1v) is 9.91. The number of nitrogens with zero attached hydrogens (tertiary/aromatic N) is 2. The van der Waals surface area contributed by atoms with E-state index in [0.29, 0.717) is 11.5 Å². The largest absolute Gasteiger partial charge is 0.485 e. The Hall–Kier alpha value is -4.35. The van der Waals surface area contributed by atoms with Gasteiger partial charge in [0, 0.05) is 11.8 Å². The van der Waals surface area contributed by atoms with E-state index < -0.39 is 40.8 Å². The first-order valence-electron chi connectivity index (χ1n) is 9.91. The second kappa shape index (κ2) is 8.89. The number of nitrogens with one attached hydrogen (secondary N) is 2. The SMILES string of the molecule is Cc1cc(=O)c(C(=O)NNC(=O)C2COc3ccccc3O2)nn1-c1ccccc1C(F)(F)F. The first-order chi connectivity index (χ1) is 16.1. The number of halogens is 3. The summed E-state index contributed by atoms with van der Waals surface area (Å²) in [5, 5.41) is 3.82. The minimum Gasteiger partial charge on any atom is -0.485 e. The molecular weight excluding hydrogens is 457 g/mol. The van der Waals surface area contributed by atoms with E-state index in [-0.39, 0.29) is 18.0 Å². The van der Waals surface area contributed by atoms with Crippen molar-refractivity contribution in [2.24, 2.45) is 0 Å². The highest BCUT2D eigenvalue weighted by Crippen LogP contribution is 2.33. The molecule has 2 heterocycles. The number of para-hydroxylation sites is 3. The molecule has 2 aromatic carbocycles. The van der Waals surface area contributed by atoms with Gasteiger partial charge in [0.15, 0.2) is 17.2 Å². The van der Waals surface area contributed by atoms with Crippen molar-refractivity contribution >= 4 is 11.8 Å². The molecule has 1 atom stereocenters. The van der Waals surface area contributed by atoms with Gasteiger partial charge in [0.25, 0.3) is 11.8 Å². The molecule has 1 unspecified atom stereocenters. The molecule has 0 aliphatic carbocycles. The summed E-state index contributed by atoms with van der Waals surface area (Å²) in [6, 6.07) is 12.3. The van der Waals surface area contributed by atoms with Gasteiger partial charge in [-0.05, 0) is 31.2 Å². The lowest BCUT2D eigenvalue weighted by atomic mass is 10.1. The third-order valence-electron chi connectivity index (χ3n) is 4.86. The summed E-state index contributed by atoms with van der Waals surface area (Å²) in [4.78, 5) is 37.2. The lowest BCUT2D eigenvalue weighted by molar-refractivity contribution is -0.137. The molecule has 9 nitrogen and oxygen atoms in total. The Labute approximate surface area is 190 Å². The van der Waals surface area contributed by atoms with Crippen LogP contribution in [0.15, 0.2) is 59.4 Å². The Balaban J connectivity index is 1.53. The van der Waals surface area contributed by atoms with Crippen LogP contribution in [0, 0.1) is 6.92 Å². The molecule has 2 N–H and O–H groups in total. The van der Waals surface area contributed by atoms with E-state index in [1.165, 1.54) is 19.1 Å². The van der Waals surface area contributed by atoms with E-state index in [1.54, 1.807) is 24.3 Å². The maximum atomic E-state index is 13.4. The number of hydrogen-bond acceptors (Lipinski definition) is 6. The molecule has 0 spiro atoms. The van der Waals surface area contributed by atoms with Crippen LogP contribution in [0.25, 0.3) is 5.69 Å². The van der Waals surface area contributed by atoms with Gasteiger partial charge in [-0.2, -0.15) is 18.3 Å². The molecule has 4 rings (SSSR count).